The first-order valence-electron chi connectivity index (χ1n) is 11.3. The van der Waals surface area contributed by atoms with Gasteiger partial charge in [-0.05, 0) is 79.5 Å². The van der Waals surface area contributed by atoms with Gasteiger partial charge in [0.1, 0.15) is 29.7 Å². The highest BCUT2D eigenvalue weighted by molar-refractivity contribution is 5.51. The Morgan fingerprint density at radius 2 is 1.66 bits per heavy atom. The molecule has 3 aromatic carbocycles. The minimum atomic E-state index is -0.254. The highest BCUT2D eigenvalue weighted by Gasteiger charge is 2.33. The normalized spacial score (nSPS) is 20.5. The van der Waals surface area contributed by atoms with E-state index in [4.69, 9.17) is 9.47 Å². The molecule has 5 heteroatoms. The number of ether oxygens (including phenoxy) is 2. The van der Waals surface area contributed by atoms with Gasteiger partial charge in [-0.3, -0.25) is 4.90 Å². The van der Waals surface area contributed by atoms with E-state index in [0.29, 0.717) is 13.2 Å². The summed E-state index contributed by atoms with van der Waals surface area (Å²) in [5.41, 5.74) is 3.06. The Balaban J connectivity index is 1.40. The summed E-state index contributed by atoms with van der Waals surface area (Å²) < 4.78 is 25.5. The van der Waals surface area contributed by atoms with Crippen LogP contribution in [-0.4, -0.2) is 42.9 Å². The number of nitrogens with zero attached hydrogens (tertiary/aromatic N) is 1. The van der Waals surface area contributed by atoms with Crippen molar-refractivity contribution in [3.8, 4) is 17.2 Å². The van der Waals surface area contributed by atoms with Crippen molar-refractivity contribution in [3.05, 3.63) is 89.2 Å². The summed E-state index contributed by atoms with van der Waals surface area (Å²) in [5.74, 6) is 1.57. The molecule has 0 saturated carbocycles. The van der Waals surface area contributed by atoms with Crippen molar-refractivity contribution in [2.75, 3.05) is 32.8 Å². The summed E-state index contributed by atoms with van der Waals surface area (Å²) in [6, 6.07) is 20.0. The Hall–Kier alpha value is -3.05. The number of hydrogen-bond acceptors (Lipinski definition) is 4. The Kier molecular flexibility index (Phi) is 5.99. The Morgan fingerprint density at radius 1 is 0.938 bits per heavy atom. The van der Waals surface area contributed by atoms with Gasteiger partial charge in [-0.1, -0.05) is 24.3 Å². The second kappa shape index (κ2) is 9.21. The molecule has 2 aliphatic rings. The molecule has 0 radical (unpaired) electrons. The summed E-state index contributed by atoms with van der Waals surface area (Å²) in [6.45, 7) is 4.47. The summed E-state index contributed by atoms with van der Waals surface area (Å²) in [6.07, 6.45) is 2.57. The zero-order valence-corrected chi connectivity index (χ0v) is 18.0. The monoisotopic (exact) mass is 433 g/mol. The lowest BCUT2D eigenvalue weighted by molar-refractivity contribution is 0.237. The first kappa shape index (κ1) is 20.8. The molecule has 1 N–H and O–H groups in total. The van der Waals surface area contributed by atoms with E-state index in [1.807, 2.05) is 30.3 Å². The molecule has 0 aromatic heterocycles. The standard InChI is InChI=1S/C27H28FNO3/c28-21-7-3-19(4-8-21)25-18-32-26-12-9-22(30)17-24(26)27(25)20-5-10-23(11-6-20)31-16-15-29-13-1-2-14-29/h3-12,17,25,27,30H,1-2,13-16,18H2/t25-,27+/m1/s1. The van der Waals surface area contributed by atoms with E-state index in [1.54, 1.807) is 12.1 Å². The number of halogens is 1. The quantitative estimate of drug-likeness (QED) is 0.572. The molecule has 0 bridgehead atoms. The van der Waals surface area contributed by atoms with Crippen LogP contribution in [0.1, 0.15) is 41.4 Å². The molecule has 1 saturated heterocycles. The van der Waals surface area contributed by atoms with Crippen molar-refractivity contribution in [3.63, 3.8) is 0 Å². The van der Waals surface area contributed by atoms with Crippen LogP contribution in [-0.2, 0) is 0 Å². The van der Waals surface area contributed by atoms with Crippen molar-refractivity contribution in [2.45, 2.75) is 24.7 Å². The fraction of sp³-hybridized carbons (Fsp3) is 0.333. The molecule has 0 aliphatic carbocycles. The predicted molar refractivity (Wildman–Crippen MR) is 122 cm³/mol. The number of hydrogen-bond donors (Lipinski definition) is 1. The minimum Gasteiger partial charge on any atom is -0.508 e. The average molecular weight is 434 g/mol. The van der Waals surface area contributed by atoms with Crippen LogP contribution in [0.15, 0.2) is 66.7 Å². The number of likely N-dealkylation sites (tertiary alicyclic amines) is 1. The number of benzene rings is 3. The van der Waals surface area contributed by atoms with Gasteiger partial charge in [-0.25, -0.2) is 4.39 Å². The van der Waals surface area contributed by atoms with Gasteiger partial charge >= 0.3 is 0 Å². The summed E-state index contributed by atoms with van der Waals surface area (Å²) in [5, 5.41) is 10.1. The van der Waals surface area contributed by atoms with Gasteiger partial charge in [0, 0.05) is 23.9 Å². The highest BCUT2D eigenvalue weighted by atomic mass is 19.1. The van der Waals surface area contributed by atoms with Crippen molar-refractivity contribution in [2.24, 2.45) is 0 Å². The largest absolute Gasteiger partial charge is 0.508 e. The van der Waals surface area contributed by atoms with E-state index in [9.17, 15) is 9.50 Å². The number of phenols is 1. The van der Waals surface area contributed by atoms with Crippen LogP contribution in [0.5, 0.6) is 17.2 Å². The molecule has 0 spiro atoms. The van der Waals surface area contributed by atoms with E-state index in [0.717, 1.165) is 34.7 Å². The van der Waals surface area contributed by atoms with Gasteiger partial charge in [0.15, 0.2) is 0 Å². The molecule has 5 rings (SSSR count). The Bertz CT molecular complexity index is 1050. The van der Waals surface area contributed by atoms with Crippen molar-refractivity contribution in [1.82, 2.24) is 4.90 Å². The number of fused-ring (bicyclic) bond motifs is 1. The summed E-state index contributed by atoms with van der Waals surface area (Å²) in [7, 11) is 0. The van der Waals surface area contributed by atoms with E-state index in [2.05, 4.69) is 17.0 Å². The van der Waals surface area contributed by atoms with Crippen molar-refractivity contribution in [1.29, 1.82) is 0 Å². The van der Waals surface area contributed by atoms with Crippen LogP contribution in [0.2, 0.25) is 0 Å². The van der Waals surface area contributed by atoms with Crippen molar-refractivity contribution >= 4 is 0 Å². The van der Waals surface area contributed by atoms with Gasteiger partial charge in [-0.2, -0.15) is 0 Å². The maximum Gasteiger partial charge on any atom is 0.123 e. The Morgan fingerprint density at radius 3 is 2.41 bits per heavy atom. The van der Waals surface area contributed by atoms with Gasteiger partial charge in [0.2, 0.25) is 0 Å². The van der Waals surface area contributed by atoms with E-state index >= 15 is 0 Å². The third-order valence-electron chi connectivity index (χ3n) is 6.56. The lowest BCUT2D eigenvalue weighted by Gasteiger charge is -2.34. The van der Waals surface area contributed by atoms with Crippen molar-refractivity contribution < 1.29 is 19.0 Å². The van der Waals surface area contributed by atoms with Crippen LogP contribution in [0, 0.1) is 5.82 Å². The first-order valence-corrected chi connectivity index (χ1v) is 11.3. The second-order valence-electron chi connectivity index (χ2n) is 8.64. The van der Waals surface area contributed by atoms with Crippen LogP contribution >= 0.6 is 0 Å². The highest BCUT2D eigenvalue weighted by Crippen LogP contribution is 2.47. The van der Waals surface area contributed by atoms with Gasteiger partial charge in [0.05, 0.1) is 6.61 Å². The summed E-state index contributed by atoms with van der Waals surface area (Å²) in [4.78, 5) is 2.44. The maximum absolute atomic E-state index is 13.5. The van der Waals surface area contributed by atoms with Gasteiger partial charge in [0.25, 0.3) is 0 Å². The van der Waals surface area contributed by atoms with Crippen LogP contribution < -0.4 is 9.47 Å². The van der Waals surface area contributed by atoms with E-state index in [1.165, 1.54) is 38.1 Å². The molecule has 166 valence electrons. The van der Waals surface area contributed by atoms with Crippen LogP contribution in [0.3, 0.4) is 0 Å². The minimum absolute atomic E-state index is 0.00633. The molecule has 0 amide bonds. The third-order valence-corrected chi connectivity index (χ3v) is 6.56. The molecule has 0 unspecified atom stereocenters. The third kappa shape index (κ3) is 4.44. The van der Waals surface area contributed by atoms with E-state index < -0.39 is 0 Å². The molecular weight excluding hydrogens is 405 g/mol. The number of rotatable bonds is 6. The molecule has 3 aromatic rings. The van der Waals surface area contributed by atoms with Gasteiger partial charge in [-0.15, -0.1) is 0 Å². The molecule has 32 heavy (non-hydrogen) atoms. The fourth-order valence-corrected chi connectivity index (χ4v) is 4.88. The molecular formula is C27H28FNO3. The van der Waals surface area contributed by atoms with Crippen LogP contribution in [0.4, 0.5) is 4.39 Å². The lowest BCUT2D eigenvalue weighted by atomic mass is 9.76. The molecule has 2 aliphatic heterocycles. The number of phenolic OH excluding ortho intramolecular Hbond substituents is 1. The smallest absolute Gasteiger partial charge is 0.123 e. The average Bonchev–Trinajstić information content (AvgIpc) is 3.33. The maximum atomic E-state index is 13.5. The fourth-order valence-electron chi connectivity index (χ4n) is 4.88. The first-order chi connectivity index (χ1) is 15.7. The summed E-state index contributed by atoms with van der Waals surface area (Å²) >= 11 is 0. The number of aromatic hydroxyl groups is 1. The molecule has 1 fully saturated rings. The molecule has 4 nitrogen and oxygen atoms in total. The lowest BCUT2D eigenvalue weighted by Crippen LogP contribution is -2.25. The molecule has 2 atom stereocenters. The van der Waals surface area contributed by atoms with Crippen LogP contribution in [0.25, 0.3) is 0 Å². The zero-order valence-electron chi connectivity index (χ0n) is 18.0. The zero-order chi connectivity index (χ0) is 21.9. The Labute approximate surface area is 188 Å². The van der Waals surface area contributed by atoms with Gasteiger partial charge < -0.3 is 14.6 Å². The molecule has 2 heterocycles. The topological polar surface area (TPSA) is 41.9 Å². The predicted octanol–water partition coefficient (Wildman–Crippen LogP) is 5.31. The van der Waals surface area contributed by atoms with E-state index in [-0.39, 0.29) is 23.4 Å². The second-order valence-corrected chi connectivity index (χ2v) is 8.64. The SMILES string of the molecule is Oc1ccc2c(c1)[C@H](c1ccc(OCCN3CCCC3)cc1)[C@@H](c1ccc(F)cc1)CO2.